The zero-order valence-electron chi connectivity index (χ0n) is 23.0. The Bertz CT molecular complexity index is 1780. The number of nitrogens with one attached hydrogen (secondary N) is 2. The summed E-state index contributed by atoms with van der Waals surface area (Å²) in [5, 5.41) is 26.0. The number of rotatable bonds is 10. The van der Waals surface area contributed by atoms with Gasteiger partial charge in [0.1, 0.15) is 11.8 Å². The third-order valence-corrected chi connectivity index (χ3v) is 7.64. The third-order valence-electron chi connectivity index (χ3n) is 7.35. The molecule has 1 aliphatic rings. The van der Waals surface area contributed by atoms with E-state index in [9.17, 15) is 14.0 Å². The number of fused-ring (bicyclic) bond motifs is 1. The predicted octanol–water partition coefficient (Wildman–Crippen LogP) is 5.85. The second-order valence-corrected chi connectivity index (χ2v) is 10.7. The van der Waals surface area contributed by atoms with Gasteiger partial charge in [0.25, 0.3) is 0 Å². The third kappa shape index (κ3) is 6.38. The van der Waals surface area contributed by atoms with Crippen LogP contribution >= 0.6 is 11.6 Å². The zero-order chi connectivity index (χ0) is 29.8. The van der Waals surface area contributed by atoms with Gasteiger partial charge in [0.15, 0.2) is 5.82 Å². The summed E-state index contributed by atoms with van der Waals surface area (Å²) in [6.45, 7) is 4.10. The van der Waals surface area contributed by atoms with Gasteiger partial charge >= 0.3 is 0 Å². The Balaban J connectivity index is 1.32. The Labute approximate surface area is 251 Å². The highest BCUT2D eigenvalue weighted by atomic mass is 35.5. The van der Waals surface area contributed by atoms with Crippen molar-refractivity contribution in [1.82, 2.24) is 34.8 Å². The Morgan fingerprint density at radius 1 is 1.05 bits per heavy atom. The molecule has 0 unspecified atom stereocenters. The van der Waals surface area contributed by atoms with Gasteiger partial charge in [0.05, 0.1) is 45.9 Å². The topological polar surface area (TPSA) is 120 Å². The molecule has 0 aliphatic carbocycles. The summed E-state index contributed by atoms with van der Waals surface area (Å²) in [7, 11) is 0. The monoisotopic (exact) mass is 600 g/mol. The molecule has 43 heavy (non-hydrogen) atoms. The molecule has 1 aromatic carbocycles. The van der Waals surface area contributed by atoms with Crippen molar-refractivity contribution in [1.29, 1.82) is 5.26 Å². The highest BCUT2D eigenvalue weighted by Gasteiger charge is 2.21. The van der Waals surface area contributed by atoms with Crippen molar-refractivity contribution in [2.45, 2.75) is 31.8 Å². The first-order chi connectivity index (χ1) is 21.0. The summed E-state index contributed by atoms with van der Waals surface area (Å²) >= 11 is 6.69. The summed E-state index contributed by atoms with van der Waals surface area (Å²) < 4.78 is 29.2. The van der Waals surface area contributed by atoms with Crippen molar-refractivity contribution in [2.24, 2.45) is 0 Å². The maximum Gasteiger partial charge on any atom is 0.249 e. The van der Waals surface area contributed by atoms with Gasteiger partial charge in [-0.05, 0) is 62.7 Å². The molecular formula is C30H27ClF2N10. The molecule has 10 nitrogen and oxygen atoms in total. The fourth-order valence-corrected chi connectivity index (χ4v) is 5.52. The number of nitriles is 1. The van der Waals surface area contributed by atoms with Gasteiger partial charge in [0.2, 0.25) is 5.95 Å². The number of nitrogens with zero attached hydrogens (tertiary/aromatic N) is 8. The number of aryl methyl sites for hydroxylation is 1. The second kappa shape index (κ2) is 12.6. The van der Waals surface area contributed by atoms with Gasteiger partial charge in [-0.2, -0.15) is 9.65 Å². The minimum absolute atomic E-state index is 0.159. The number of aromatic nitrogens is 6. The van der Waals surface area contributed by atoms with E-state index in [-0.39, 0.29) is 11.3 Å². The standard InChI is InChI=1S/C30H27ClF2N10/c31-24-12-21(11-23-27(20(14-34)16-36-29(23)24)39-22-13-25(32)30(33)37-17-22)38-28(19-5-3-6-35-15-19)26-18-43(41-40-26)10-4-9-42-7-1-2-8-42/h3,5-6,11-13,15-18,28,38H,1-2,4,7-10H2,(H,36,39)/t28-/m0/s1. The van der Waals surface area contributed by atoms with Crippen LogP contribution in [-0.4, -0.2) is 54.5 Å². The second-order valence-electron chi connectivity index (χ2n) is 10.3. The first-order valence-electron chi connectivity index (χ1n) is 13.9. The quantitative estimate of drug-likeness (QED) is 0.190. The van der Waals surface area contributed by atoms with Crippen LogP contribution in [0.1, 0.15) is 42.1 Å². The van der Waals surface area contributed by atoms with Crippen molar-refractivity contribution in [3.8, 4) is 6.07 Å². The van der Waals surface area contributed by atoms with Crippen molar-refractivity contribution >= 4 is 39.6 Å². The molecule has 1 saturated heterocycles. The number of hydrogen-bond donors (Lipinski definition) is 2. The SMILES string of the molecule is N#Cc1cnc2c(Cl)cc(N[C@@H](c3cccnc3)c3cn(CCCN4CCCC4)nn3)cc2c1Nc1cnc(F)c(F)c1. The summed E-state index contributed by atoms with van der Waals surface area (Å²) in [4.78, 5) is 14.6. The highest BCUT2D eigenvalue weighted by molar-refractivity contribution is 6.36. The fourth-order valence-electron chi connectivity index (χ4n) is 5.26. The fraction of sp³-hybridized carbons (Fsp3) is 0.267. The van der Waals surface area contributed by atoms with E-state index in [0.29, 0.717) is 33.0 Å². The molecule has 6 rings (SSSR count). The molecule has 218 valence electrons. The van der Waals surface area contributed by atoms with Gasteiger partial charge < -0.3 is 15.5 Å². The zero-order valence-corrected chi connectivity index (χ0v) is 23.8. The minimum Gasteiger partial charge on any atom is -0.373 e. The lowest BCUT2D eigenvalue weighted by Gasteiger charge is -2.19. The lowest BCUT2D eigenvalue weighted by atomic mass is 10.0. The summed E-state index contributed by atoms with van der Waals surface area (Å²) in [5.41, 5.74) is 3.26. The molecule has 0 bridgehead atoms. The molecule has 1 aliphatic heterocycles. The van der Waals surface area contributed by atoms with Crippen molar-refractivity contribution < 1.29 is 8.78 Å². The first-order valence-corrected chi connectivity index (χ1v) is 14.3. The van der Waals surface area contributed by atoms with Crippen LogP contribution in [0.25, 0.3) is 10.9 Å². The van der Waals surface area contributed by atoms with E-state index >= 15 is 0 Å². The molecule has 5 aromatic rings. The van der Waals surface area contributed by atoms with E-state index < -0.39 is 17.8 Å². The lowest BCUT2D eigenvalue weighted by molar-refractivity contribution is 0.321. The molecule has 4 aromatic heterocycles. The molecule has 0 spiro atoms. The van der Waals surface area contributed by atoms with Crippen molar-refractivity contribution in [2.75, 3.05) is 30.3 Å². The number of pyridine rings is 3. The van der Waals surface area contributed by atoms with E-state index in [1.54, 1.807) is 24.5 Å². The Morgan fingerprint density at radius 2 is 1.91 bits per heavy atom. The Morgan fingerprint density at radius 3 is 2.67 bits per heavy atom. The van der Waals surface area contributed by atoms with Crippen LogP contribution in [0.5, 0.6) is 0 Å². The van der Waals surface area contributed by atoms with Crippen LogP contribution < -0.4 is 10.6 Å². The van der Waals surface area contributed by atoms with Gasteiger partial charge in [0, 0.05) is 42.3 Å². The van der Waals surface area contributed by atoms with Crippen LogP contribution in [0.2, 0.25) is 5.02 Å². The maximum absolute atomic E-state index is 13.9. The number of benzene rings is 1. The number of likely N-dealkylation sites (tertiary alicyclic amines) is 1. The molecule has 2 N–H and O–H groups in total. The normalized spacial score (nSPS) is 14.1. The van der Waals surface area contributed by atoms with Crippen LogP contribution in [-0.2, 0) is 6.54 Å². The number of hydrogen-bond acceptors (Lipinski definition) is 9. The molecular weight excluding hydrogens is 574 g/mol. The number of anilines is 3. The van der Waals surface area contributed by atoms with Crippen molar-refractivity contribution in [3.05, 3.63) is 94.9 Å². The smallest absolute Gasteiger partial charge is 0.249 e. The predicted molar refractivity (Wildman–Crippen MR) is 159 cm³/mol. The molecule has 0 amide bonds. The maximum atomic E-state index is 13.9. The van der Waals surface area contributed by atoms with E-state index in [1.165, 1.54) is 19.0 Å². The Hall–Kier alpha value is -4.73. The average molecular weight is 601 g/mol. The average Bonchev–Trinajstić information content (AvgIpc) is 3.71. The lowest BCUT2D eigenvalue weighted by Crippen LogP contribution is -2.21. The van der Waals surface area contributed by atoms with Crippen LogP contribution in [0.4, 0.5) is 25.8 Å². The molecule has 1 atom stereocenters. The minimum atomic E-state index is -1.22. The van der Waals surface area contributed by atoms with Crippen LogP contribution in [0.15, 0.2) is 61.3 Å². The summed E-state index contributed by atoms with van der Waals surface area (Å²) in [6.07, 6.45) is 11.4. The van der Waals surface area contributed by atoms with Crippen LogP contribution in [0.3, 0.4) is 0 Å². The van der Waals surface area contributed by atoms with Crippen molar-refractivity contribution in [3.63, 3.8) is 0 Å². The molecule has 1 fully saturated rings. The number of halogens is 3. The Kier molecular flexibility index (Phi) is 8.35. The molecule has 5 heterocycles. The largest absolute Gasteiger partial charge is 0.373 e. The first kappa shape index (κ1) is 28.4. The van der Waals surface area contributed by atoms with Gasteiger partial charge in [-0.1, -0.05) is 22.9 Å². The van der Waals surface area contributed by atoms with E-state index in [2.05, 4.69) is 46.9 Å². The van der Waals surface area contributed by atoms with Crippen LogP contribution in [0, 0.1) is 23.1 Å². The summed E-state index contributed by atoms with van der Waals surface area (Å²) in [5.74, 6) is -2.34. The van der Waals surface area contributed by atoms with Gasteiger partial charge in [-0.15, -0.1) is 5.10 Å². The van der Waals surface area contributed by atoms with E-state index in [0.717, 1.165) is 50.4 Å². The highest BCUT2D eigenvalue weighted by Crippen LogP contribution is 2.36. The molecule has 13 heteroatoms. The van der Waals surface area contributed by atoms with Gasteiger partial charge in [-0.3, -0.25) is 14.6 Å². The molecule has 0 radical (unpaired) electrons. The van der Waals surface area contributed by atoms with Gasteiger partial charge in [-0.25, -0.2) is 9.37 Å². The summed E-state index contributed by atoms with van der Waals surface area (Å²) in [6, 6.07) is 9.94. The van der Waals surface area contributed by atoms with E-state index in [1.807, 2.05) is 23.0 Å². The molecule has 0 saturated carbocycles. The van der Waals surface area contributed by atoms with E-state index in [4.69, 9.17) is 11.6 Å².